The van der Waals surface area contributed by atoms with Crippen LogP contribution in [0.5, 0.6) is 0 Å². The van der Waals surface area contributed by atoms with Crippen molar-refractivity contribution in [1.29, 1.82) is 0 Å². The maximum atomic E-state index is 12.2. The van der Waals surface area contributed by atoms with Gasteiger partial charge in [0, 0.05) is 19.1 Å². The number of para-hydroxylation sites is 2. The fourth-order valence-electron chi connectivity index (χ4n) is 2.19. The topological polar surface area (TPSA) is 72.1 Å². The van der Waals surface area contributed by atoms with E-state index in [9.17, 15) is 4.79 Å². The van der Waals surface area contributed by atoms with Gasteiger partial charge in [0.2, 0.25) is 0 Å². The van der Waals surface area contributed by atoms with Crippen LogP contribution in [0.3, 0.4) is 0 Å². The molecule has 18 heavy (non-hydrogen) atoms. The number of carbonyl (C=O) groups is 1. The van der Waals surface area contributed by atoms with Crippen LogP contribution in [0.25, 0.3) is 11.0 Å². The molecule has 0 radical (unpaired) electrons. The highest BCUT2D eigenvalue weighted by atomic mass is 16.2. The second-order valence-electron chi connectivity index (χ2n) is 4.54. The van der Waals surface area contributed by atoms with Crippen LogP contribution in [0, 0.1) is 0 Å². The second-order valence-corrected chi connectivity index (χ2v) is 4.54. The summed E-state index contributed by atoms with van der Waals surface area (Å²) in [6.45, 7) is 1.31. The Balaban J connectivity index is 1.92. The number of hydrogen-bond donors (Lipinski definition) is 1. The third-order valence-electron chi connectivity index (χ3n) is 3.18. The van der Waals surface area contributed by atoms with Gasteiger partial charge in [-0.15, -0.1) is 0 Å². The van der Waals surface area contributed by atoms with Crippen LogP contribution in [-0.2, 0) is 0 Å². The molecule has 92 valence electrons. The molecule has 1 aromatic heterocycles. The lowest BCUT2D eigenvalue weighted by molar-refractivity contribution is 0.0785. The molecule has 3 rings (SSSR count). The van der Waals surface area contributed by atoms with E-state index >= 15 is 0 Å². The number of benzene rings is 1. The molecule has 2 heterocycles. The molecular weight excluding hydrogens is 228 g/mol. The van der Waals surface area contributed by atoms with Gasteiger partial charge >= 0.3 is 0 Å². The lowest BCUT2D eigenvalue weighted by Crippen LogP contribution is -2.32. The van der Waals surface area contributed by atoms with Crippen molar-refractivity contribution in [3.8, 4) is 0 Å². The normalized spacial score (nSPS) is 19.4. The summed E-state index contributed by atoms with van der Waals surface area (Å²) in [6.07, 6.45) is 2.39. The molecule has 1 atom stereocenters. The molecule has 1 amide bonds. The summed E-state index contributed by atoms with van der Waals surface area (Å²) in [6, 6.07) is 7.61. The predicted octanol–water partition coefficient (Wildman–Crippen LogP) is 0.803. The van der Waals surface area contributed by atoms with Crippen molar-refractivity contribution < 1.29 is 4.79 Å². The van der Waals surface area contributed by atoms with Crippen molar-refractivity contribution >= 4 is 16.9 Å². The second kappa shape index (κ2) is 4.34. The van der Waals surface area contributed by atoms with E-state index in [1.807, 2.05) is 24.3 Å². The fraction of sp³-hybridized carbons (Fsp3) is 0.308. The van der Waals surface area contributed by atoms with Gasteiger partial charge in [-0.2, -0.15) is 0 Å². The third-order valence-corrected chi connectivity index (χ3v) is 3.18. The Hall–Kier alpha value is -2.01. The molecule has 2 N–H and O–H groups in total. The summed E-state index contributed by atoms with van der Waals surface area (Å²) in [7, 11) is 0. The minimum absolute atomic E-state index is 0.0822. The lowest BCUT2D eigenvalue weighted by Gasteiger charge is -2.14. The maximum absolute atomic E-state index is 12.2. The lowest BCUT2D eigenvalue weighted by atomic mass is 10.3. The van der Waals surface area contributed by atoms with Crippen molar-refractivity contribution in [2.24, 2.45) is 5.73 Å². The quantitative estimate of drug-likeness (QED) is 0.803. The van der Waals surface area contributed by atoms with Gasteiger partial charge in [0.15, 0.2) is 0 Å². The number of nitrogens with two attached hydrogens (primary N) is 1. The van der Waals surface area contributed by atoms with Crippen LogP contribution >= 0.6 is 0 Å². The van der Waals surface area contributed by atoms with Gasteiger partial charge in [-0.1, -0.05) is 12.1 Å². The SMILES string of the molecule is NC1CCN(C(=O)c2cnc3ccccc3n2)C1. The van der Waals surface area contributed by atoms with Crippen molar-refractivity contribution in [2.75, 3.05) is 13.1 Å². The summed E-state index contributed by atoms with van der Waals surface area (Å²) in [4.78, 5) is 22.5. The molecule has 1 fully saturated rings. The zero-order chi connectivity index (χ0) is 12.5. The van der Waals surface area contributed by atoms with E-state index in [0.717, 1.165) is 17.5 Å². The van der Waals surface area contributed by atoms with Crippen LogP contribution in [0.15, 0.2) is 30.5 Å². The molecule has 2 aromatic rings. The van der Waals surface area contributed by atoms with Gasteiger partial charge in [-0.3, -0.25) is 9.78 Å². The Morgan fingerprint density at radius 2 is 2.11 bits per heavy atom. The van der Waals surface area contributed by atoms with Gasteiger partial charge in [0.25, 0.3) is 5.91 Å². The largest absolute Gasteiger partial charge is 0.336 e. The smallest absolute Gasteiger partial charge is 0.274 e. The van der Waals surface area contributed by atoms with Gasteiger partial charge < -0.3 is 10.6 Å². The fourth-order valence-corrected chi connectivity index (χ4v) is 2.19. The Kier molecular flexibility index (Phi) is 2.68. The summed E-state index contributed by atoms with van der Waals surface area (Å²) in [5.41, 5.74) is 7.73. The molecule has 1 saturated heterocycles. The molecule has 0 spiro atoms. The molecule has 1 aromatic carbocycles. The van der Waals surface area contributed by atoms with Crippen molar-refractivity contribution in [3.05, 3.63) is 36.2 Å². The van der Waals surface area contributed by atoms with E-state index in [1.54, 1.807) is 4.90 Å². The van der Waals surface area contributed by atoms with Crippen LogP contribution in [0.2, 0.25) is 0 Å². The number of nitrogens with zero attached hydrogens (tertiary/aromatic N) is 3. The number of amides is 1. The Bertz CT molecular complexity index is 598. The first-order valence-corrected chi connectivity index (χ1v) is 6.01. The van der Waals surface area contributed by atoms with Gasteiger partial charge in [0.05, 0.1) is 17.2 Å². The van der Waals surface area contributed by atoms with Crippen molar-refractivity contribution in [1.82, 2.24) is 14.9 Å². The van der Waals surface area contributed by atoms with E-state index in [0.29, 0.717) is 18.8 Å². The molecule has 5 heteroatoms. The number of carbonyl (C=O) groups excluding carboxylic acids is 1. The summed E-state index contributed by atoms with van der Waals surface area (Å²) < 4.78 is 0. The molecule has 5 nitrogen and oxygen atoms in total. The zero-order valence-corrected chi connectivity index (χ0v) is 9.91. The maximum Gasteiger partial charge on any atom is 0.274 e. The molecule has 1 aliphatic rings. The minimum atomic E-state index is -0.0822. The Morgan fingerprint density at radius 3 is 2.83 bits per heavy atom. The van der Waals surface area contributed by atoms with Crippen LogP contribution in [0.1, 0.15) is 16.9 Å². The molecule has 0 saturated carbocycles. The highest BCUT2D eigenvalue weighted by molar-refractivity contribution is 5.94. The highest BCUT2D eigenvalue weighted by Gasteiger charge is 2.25. The van der Waals surface area contributed by atoms with E-state index in [4.69, 9.17) is 5.73 Å². The van der Waals surface area contributed by atoms with Crippen LogP contribution in [-0.4, -0.2) is 39.9 Å². The van der Waals surface area contributed by atoms with Gasteiger partial charge in [0.1, 0.15) is 5.69 Å². The molecule has 0 aliphatic carbocycles. The van der Waals surface area contributed by atoms with Crippen molar-refractivity contribution in [2.45, 2.75) is 12.5 Å². The first-order valence-electron chi connectivity index (χ1n) is 6.01. The van der Waals surface area contributed by atoms with Gasteiger partial charge in [-0.05, 0) is 18.6 Å². The van der Waals surface area contributed by atoms with Crippen molar-refractivity contribution in [3.63, 3.8) is 0 Å². The number of rotatable bonds is 1. The van der Waals surface area contributed by atoms with Crippen LogP contribution < -0.4 is 5.73 Å². The molecule has 1 aliphatic heterocycles. The highest BCUT2D eigenvalue weighted by Crippen LogP contribution is 2.13. The van der Waals surface area contributed by atoms with E-state index in [2.05, 4.69) is 9.97 Å². The molecule has 1 unspecified atom stereocenters. The standard InChI is InChI=1S/C13H14N4O/c14-9-5-6-17(8-9)13(18)12-7-15-10-3-1-2-4-11(10)16-12/h1-4,7,9H,5-6,8,14H2. The average molecular weight is 242 g/mol. The number of fused-ring (bicyclic) bond motifs is 1. The first kappa shape index (κ1) is 11.1. The van der Waals surface area contributed by atoms with E-state index < -0.39 is 0 Å². The van der Waals surface area contributed by atoms with E-state index in [-0.39, 0.29) is 11.9 Å². The Labute approximate surface area is 105 Å². The number of hydrogen-bond acceptors (Lipinski definition) is 4. The molecular formula is C13H14N4O. The first-order chi connectivity index (χ1) is 8.74. The summed E-state index contributed by atoms with van der Waals surface area (Å²) in [5, 5.41) is 0. The van der Waals surface area contributed by atoms with Gasteiger partial charge in [-0.25, -0.2) is 4.98 Å². The number of aromatic nitrogens is 2. The minimum Gasteiger partial charge on any atom is -0.336 e. The molecule has 0 bridgehead atoms. The summed E-state index contributed by atoms with van der Waals surface area (Å²) >= 11 is 0. The third kappa shape index (κ3) is 1.93. The van der Waals surface area contributed by atoms with Crippen LogP contribution in [0.4, 0.5) is 0 Å². The monoisotopic (exact) mass is 242 g/mol. The average Bonchev–Trinajstić information content (AvgIpc) is 2.84. The predicted molar refractivity (Wildman–Crippen MR) is 68.0 cm³/mol. The Morgan fingerprint density at radius 1 is 1.33 bits per heavy atom. The number of likely N-dealkylation sites (tertiary alicyclic amines) is 1. The van der Waals surface area contributed by atoms with E-state index in [1.165, 1.54) is 6.20 Å². The summed E-state index contributed by atoms with van der Waals surface area (Å²) in [5.74, 6) is -0.0822. The zero-order valence-electron chi connectivity index (χ0n) is 9.91.